The molecule has 1 saturated heterocycles. The first-order valence-corrected chi connectivity index (χ1v) is 12.5. The molecule has 5 nitrogen and oxygen atoms in total. The van der Waals surface area contributed by atoms with Gasteiger partial charge in [0.05, 0.1) is 15.8 Å². The average molecular weight is 473 g/mol. The van der Waals surface area contributed by atoms with Crippen LogP contribution >= 0.6 is 11.3 Å². The van der Waals surface area contributed by atoms with Gasteiger partial charge in [-0.1, -0.05) is 35.6 Å². The SMILES string of the molecule is O=C(c1cccc2sc(N3CCCc4ccccc43)nc12)N1CCN(c2ccc(F)cc2)CC1. The summed E-state index contributed by atoms with van der Waals surface area (Å²) in [7, 11) is 0. The fourth-order valence-corrected chi connectivity index (χ4v) is 5.98. The lowest BCUT2D eigenvalue weighted by atomic mass is 10.0. The summed E-state index contributed by atoms with van der Waals surface area (Å²) in [4.78, 5) is 24.9. The molecular weight excluding hydrogens is 447 g/mol. The van der Waals surface area contributed by atoms with Gasteiger partial charge < -0.3 is 14.7 Å². The Morgan fingerprint density at radius 3 is 2.50 bits per heavy atom. The van der Waals surface area contributed by atoms with Crippen LogP contribution in [0.4, 0.5) is 20.9 Å². The summed E-state index contributed by atoms with van der Waals surface area (Å²) in [5.41, 5.74) is 5.01. The maximum absolute atomic E-state index is 13.5. The van der Waals surface area contributed by atoms with Crippen molar-refractivity contribution in [2.45, 2.75) is 12.8 Å². The molecule has 6 rings (SSSR count). The molecular formula is C27H25FN4OS. The van der Waals surface area contributed by atoms with Gasteiger partial charge in [-0.3, -0.25) is 4.79 Å². The summed E-state index contributed by atoms with van der Waals surface area (Å²) in [6.07, 6.45) is 2.18. The van der Waals surface area contributed by atoms with E-state index in [0.717, 1.165) is 53.5 Å². The molecule has 0 aliphatic carbocycles. The second kappa shape index (κ2) is 8.72. The van der Waals surface area contributed by atoms with Crippen LogP contribution in [0.1, 0.15) is 22.3 Å². The lowest BCUT2D eigenvalue weighted by Gasteiger charge is -2.36. The largest absolute Gasteiger partial charge is 0.368 e. The Balaban J connectivity index is 1.24. The number of hydrogen-bond acceptors (Lipinski definition) is 5. The van der Waals surface area contributed by atoms with Crippen LogP contribution in [-0.4, -0.2) is 48.5 Å². The van der Waals surface area contributed by atoms with E-state index in [1.54, 1.807) is 23.5 Å². The highest BCUT2D eigenvalue weighted by atomic mass is 32.1. The molecule has 0 radical (unpaired) electrons. The molecule has 34 heavy (non-hydrogen) atoms. The first-order chi connectivity index (χ1) is 16.7. The van der Waals surface area contributed by atoms with Gasteiger partial charge in [0.25, 0.3) is 5.91 Å². The molecule has 0 spiro atoms. The lowest BCUT2D eigenvalue weighted by molar-refractivity contribution is 0.0748. The maximum atomic E-state index is 13.5. The molecule has 3 aromatic carbocycles. The normalized spacial score (nSPS) is 16.1. The molecule has 0 N–H and O–H groups in total. The Morgan fingerprint density at radius 1 is 0.882 bits per heavy atom. The molecule has 1 aromatic heterocycles. The summed E-state index contributed by atoms with van der Waals surface area (Å²) >= 11 is 1.65. The van der Waals surface area contributed by atoms with Gasteiger partial charge in [-0.2, -0.15) is 0 Å². The Kier molecular flexibility index (Phi) is 5.41. The highest BCUT2D eigenvalue weighted by Gasteiger charge is 2.26. The van der Waals surface area contributed by atoms with E-state index in [1.807, 2.05) is 17.0 Å². The number of carbonyl (C=O) groups is 1. The highest BCUT2D eigenvalue weighted by molar-refractivity contribution is 7.22. The van der Waals surface area contributed by atoms with Crippen molar-refractivity contribution in [3.05, 3.63) is 83.7 Å². The van der Waals surface area contributed by atoms with E-state index in [9.17, 15) is 9.18 Å². The molecule has 0 bridgehead atoms. The smallest absolute Gasteiger partial charge is 0.256 e. The first-order valence-electron chi connectivity index (χ1n) is 11.7. The Hall–Kier alpha value is -3.45. The number of rotatable bonds is 3. The summed E-state index contributed by atoms with van der Waals surface area (Å²) in [6.45, 7) is 3.64. The third-order valence-corrected chi connectivity index (χ3v) is 7.78. The lowest BCUT2D eigenvalue weighted by Crippen LogP contribution is -2.48. The van der Waals surface area contributed by atoms with E-state index in [-0.39, 0.29) is 11.7 Å². The predicted octanol–water partition coefficient (Wildman–Crippen LogP) is 5.48. The van der Waals surface area contributed by atoms with Crippen molar-refractivity contribution in [1.29, 1.82) is 0 Å². The maximum Gasteiger partial charge on any atom is 0.256 e. The Bertz CT molecular complexity index is 1340. The third kappa shape index (κ3) is 3.80. The molecule has 0 saturated carbocycles. The zero-order valence-corrected chi connectivity index (χ0v) is 19.6. The van der Waals surface area contributed by atoms with Crippen molar-refractivity contribution in [3.63, 3.8) is 0 Å². The van der Waals surface area contributed by atoms with Gasteiger partial charge >= 0.3 is 0 Å². The Labute approximate surface area is 202 Å². The number of nitrogens with zero attached hydrogens (tertiary/aromatic N) is 4. The molecule has 172 valence electrons. The molecule has 1 fully saturated rings. The quantitative estimate of drug-likeness (QED) is 0.396. The van der Waals surface area contributed by atoms with Gasteiger partial charge in [0.15, 0.2) is 5.13 Å². The number of para-hydroxylation sites is 2. The zero-order chi connectivity index (χ0) is 23.1. The fraction of sp³-hybridized carbons (Fsp3) is 0.259. The van der Waals surface area contributed by atoms with E-state index in [4.69, 9.17) is 4.98 Å². The first kappa shape index (κ1) is 21.1. The number of amides is 1. The minimum Gasteiger partial charge on any atom is -0.368 e. The van der Waals surface area contributed by atoms with Crippen molar-refractivity contribution < 1.29 is 9.18 Å². The van der Waals surface area contributed by atoms with Gasteiger partial charge in [-0.15, -0.1) is 0 Å². The summed E-state index contributed by atoms with van der Waals surface area (Å²) in [6, 6.07) is 21.0. The molecule has 0 unspecified atom stereocenters. The van der Waals surface area contributed by atoms with Crippen molar-refractivity contribution in [2.24, 2.45) is 0 Å². The van der Waals surface area contributed by atoms with Crippen molar-refractivity contribution >= 4 is 44.0 Å². The number of benzene rings is 3. The van der Waals surface area contributed by atoms with E-state index in [0.29, 0.717) is 18.7 Å². The molecule has 4 aromatic rings. The van der Waals surface area contributed by atoms with Crippen LogP contribution in [0.3, 0.4) is 0 Å². The third-order valence-electron chi connectivity index (χ3n) is 6.74. The van der Waals surface area contributed by atoms with Gasteiger partial charge in [0.2, 0.25) is 0 Å². The van der Waals surface area contributed by atoms with Crippen LogP contribution in [0.15, 0.2) is 66.7 Å². The molecule has 7 heteroatoms. The highest BCUT2D eigenvalue weighted by Crippen LogP contribution is 2.38. The number of carbonyl (C=O) groups excluding carboxylic acids is 1. The van der Waals surface area contributed by atoms with E-state index in [2.05, 4.69) is 40.1 Å². The monoisotopic (exact) mass is 472 g/mol. The van der Waals surface area contributed by atoms with Crippen molar-refractivity contribution in [3.8, 4) is 0 Å². The standard InChI is InChI=1S/C27H25FN4OS/c28-20-10-12-21(13-11-20)30-15-17-31(18-16-30)26(33)22-7-3-9-24-25(22)29-27(34-24)32-14-4-6-19-5-1-2-8-23(19)32/h1-3,5,7-13H,4,6,14-18H2. The van der Waals surface area contributed by atoms with E-state index < -0.39 is 0 Å². The molecule has 3 heterocycles. The van der Waals surface area contributed by atoms with Crippen LogP contribution in [-0.2, 0) is 6.42 Å². The number of aromatic nitrogens is 1. The minimum absolute atomic E-state index is 0.0280. The van der Waals surface area contributed by atoms with Crippen LogP contribution < -0.4 is 9.80 Å². The fourth-order valence-electron chi connectivity index (χ4n) is 4.95. The van der Waals surface area contributed by atoms with Gasteiger partial charge in [-0.05, 0) is 60.9 Å². The van der Waals surface area contributed by atoms with Crippen LogP contribution in [0.5, 0.6) is 0 Å². The molecule has 2 aliphatic heterocycles. The van der Waals surface area contributed by atoms with Gasteiger partial charge in [0, 0.05) is 44.1 Å². The minimum atomic E-state index is -0.235. The number of anilines is 3. The number of aryl methyl sites for hydroxylation is 1. The topological polar surface area (TPSA) is 39.7 Å². The number of fused-ring (bicyclic) bond motifs is 2. The average Bonchev–Trinajstić information content (AvgIpc) is 3.33. The van der Waals surface area contributed by atoms with Crippen molar-refractivity contribution in [1.82, 2.24) is 9.88 Å². The van der Waals surface area contributed by atoms with Crippen LogP contribution in [0, 0.1) is 5.82 Å². The van der Waals surface area contributed by atoms with Crippen molar-refractivity contribution in [2.75, 3.05) is 42.5 Å². The summed E-state index contributed by atoms with van der Waals surface area (Å²) < 4.78 is 14.3. The Morgan fingerprint density at radius 2 is 1.68 bits per heavy atom. The number of hydrogen-bond donors (Lipinski definition) is 0. The van der Waals surface area contributed by atoms with Gasteiger partial charge in [-0.25, -0.2) is 9.37 Å². The van der Waals surface area contributed by atoms with Gasteiger partial charge in [0.1, 0.15) is 5.82 Å². The number of piperazine rings is 1. The van der Waals surface area contributed by atoms with E-state index >= 15 is 0 Å². The number of halogens is 1. The predicted molar refractivity (Wildman–Crippen MR) is 136 cm³/mol. The molecule has 1 amide bonds. The zero-order valence-electron chi connectivity index (χ0n) is 18.8. The van der Waals surface area contributed by atoms with Crippen LogP contribution in [0.25, 0.3) is 10.2 Å². The molecule has 0 atom stereocenters. The molecule has 2 aliphatic rings. The summed E-state index contributed by atoms with van der Waals surface area (Å²) in [5.74, 6) is -0.207. The van der Waals surface area contributed by atoms with Crippen LogP contribution in [0.2, 0.25) is 0 Å². The summed E-state index contributed by atoms with van der Waals surface area (Å²) in [5, 5.41) is 0.948. The second-order valence-corrected chi connectivity index (χ2v) is 9.80. The van der Waals surface area contributed by atoms with E-state index in [1.165, 1.54) is 23.4 Å². The number of thiazole rings is 1. The second-order valence-electron chi connectivity index (χ2n) is 8.79.